The smallest absolute Gasteiger partial charge is 0.124 e. The zero-order chi connectivity index (χ0) is 9.97. The first-order valence-corrected chi connectivity index (χ1v) is 4.79. The van der Waals surface area contributed by atoms with Crippen molar-refractivity contribution in [3.05, 3.63) is 48.1 Å². The van der Waals surface area contributed by atoms with Gasteiger partial charge in [-0.3, -0.25) is 0 Å². The van der Waals surface area contributed by atoms with Gasteiger partial charge in [-0.05, 0) is 23.3 Å². The molecule has 1 aliphatic carbocycles. The van der Waals surface area contributed by atoms with Gasteiger partial charge < -0.3 is 5.11 Å². The Balaban J connectivity index is 2.44. The van der Waals surface area contributed by atoms with E-state index in [-0.39, 0.29) is 5.75 Å². The highest BCUT2D eigenvalue weighted by Crippen LogP contribution is 2.24. The molecule has 0 unspecified atom stereocenters. The molecule has 1 nitrogen and oxygen atoms in total. The number of phenols is 1. The molecule has 0 aromatic heterocycles. The predicted molar refractivity (Wildman–Crippen MR) is 61.3 cm³/mol. The van der Waals surface area contributed by atoms with Crippen LogP contribution < -0.4 is 0 Å². The fraction of sp³-hybridized carbons (Fsp3) is 0.0833. The molecule has 0 aliphatic heterocycles. The zero-order valence-corrected chi connectivity index (χ0v) is 8.34. The van der Waals surface area contributed by atoms with Gasteiger partial charge in [-0.25, -0.2) is 0 Å². The van der Waals surface area contributed by atoms with Crippen molar-refractivity contribution in [2.24, 2.45) is 0 Å². The average molecular weight is 201 g/mol. The lowest BCUT2D eigenvalue weighted by molar-refractivity contribution is 0.474. The Morgan fingerprint density at radius 3 is 3.00 bits per heavy atom. The molecule has 0 bridgehead atoms. The third-order valence-corrected chi connectivity index (χ3v) is 2.49. The number of allylic oxidation sites excluding steroid dienone is 4. The Morgan fingerprint density at radius 2 is 2.29 bits per heavy atom. The third-order valence-electron chi connectivity index (χ3n) is 2.10. The molecule has 0 saturated heterocycles. The first-order valence-electron chi connectivity index (χ1n) is 4.38. The highest BCUT2D eigenvalue weighted by atomic mass is 32.1. The van der Waals surface area contributed by atoms with Gasteiger partial charge in [0.1, 0.15) is 5.75 Å². The molecule has 2 rings (SSSR count). The second kappa shape index (κ2) is 3.76. The van der Waals surface area contributed by atoms with Gasteiger partial charge in [0.25, 0.3) is 0 Å². The summed E-state index contributed by atoms with van der Waals surface area (Å²) in [5, 5.41) is 9.29. The van der Waals surface area contributed by atoms with Crippen LogP contribution in [0.5, 0.6) is 5.75 Å². The molecule has 14 heavy (non-hydrogen) atoms. The largest absolute Gasteiger partial charge is 0.507 e. The van der Waals surface area contributed by atoms with Gasteiger partial charge in [0.15, 0.2) is 0 Å². The van der Waals surface area contributed by atoms with Crippen LogP contribution in [0.25, 0.3) is 5.57 Å². The SMILES string of the molecule is Oc1[c]ccc(C2=CC=CCC2=S)c1. The van der Waals surface area contributed by atoms with E-state index >= 15 is 0 Å². The molecular formula is C12H9OS. The van der Waals surface area contributed by atoms with Crippen LogP contribution in [-0.4, -0.2) is 9.97 Å². The van der Waals surface area contributed by atoms with Crippen LogP contribution in [0, 0.1) is 6.07 Å². The molecule has 0 saturated carbocycles. The van der Waals surface area contributed by atoms with E-state index in [0.29, 0.717) is 0 Å². The predicted octanol–water partition coefficient (Wildman–Crippen LogP) is 2.91. The summed E-state index contributed by atoms with van der Waals surface area (Å²) < 4.78 is 0. The van der Waals surface area contributed by atoms with Crippen molar-refractivity contribution in [1.29, 1.82) is 0 Å². The van der Waals surface area contributed by atoms with E-state index in [9.17, 15) is 5.11 Å². The van der Waals surface area contributed by atoms with Crippen LogP contribution in [0.2, 0.25) is 0 Å². The minimum absolute atomic E-state index is 0.153. The van der Waals surface area contributed by atoms with Crippen molar-refractivity contribution >= 4 is 22.7 Å². The summed E-state index contributed by atoms with van der Waals surface area (Å²) in [6.45, 7) is 0. The Labute approximate surface area is 88.4 Å². The molecule has 1 radical (unpaired) electrons. The second-order valence-electron chi connectivity index (χ2n) is 3.10. The molecule has 1 aromatic carbocycles. The van der Waals surface area contributed by atoms with Gasteiger partial charge in [-0.1, -0.05) is 36.5 Å². The number of aromatic hydroxyl groups is 1. The molecule has 1 N–H and O–H groups in total. The first-order chi connectivity index (χ1) is 6.77. The Morgan fingerprint density at radius 1 is 1.43 bits per heavy atom. The van der Waals surface area contributed by atoms with E-state index < -0.39 is 0 Å². The van der Waals surface area contributed by atoms with Gasteiger partial charge in [-0.2, -0.15) is 0 Å². The summed E-state index contributed by atoms with van der Waals surface area (Å²) in [4.78, 5) is 0.915. The summed E-state index contributed by atoms with van der Waals surface area (Å²) in [6.07, 6.45) is 6.79. The second-order valence-corrected chi connectivity index (χ2v) is 3.59. The molecule has 0 atom stereocenters. The van der Waals surface area contributed by atoms with Crippen LogP contribution in [0.15, 0.2) is 36.4 Å². The number of phenolic OH excluding ortho intramolecular Hbond substituents is 1. The summed E-state index contributed by atoms with van der Waals surface area (Å²) in [6, 6.07) is 7.97. The molecule has 1 aliphatic rings. The van der Waals surface area contributed by atoms with Crippen molar-refractivity contribution in [2.75, 3.05) is 0 Å². The maximum atomic E-state index is 9.29. The van der Waals surface area contributed by atoms with E-state index in [4.69, 9.17) is 12.2 Å². The zero-order valence-electron chi connectivity index (χ0n) is 7.53. The van der Waals surface area contributed by atoms with Gasteiger partial charge in [0.05, 0.1) is 0 Å². The van der Waals surface area contributed by atoms with E-state index in [1.165, 1.54) is 0 Å². The fourth-order valence-corrected chi connectivity index (χ4v) is 1.70. The molecule has 1 aromatic rings. The van der Waals surface area contributed by atoms with Crippen molar-refractivity contribution < 1.29 is 5.11 Å². The van der Waals surface area contributed by atoms with E-state index in [2.05, 4.69) is 6.07 Å². The highest BCUT2D eigenvalue weighted by molar-refractivity contribution is 7.81. The van der Waals surface area contributed by atoms with Gasteiger partial charge in [0, 0.05) is 17.4 Å². The summed E-state index contributed by atoms with van der Waals surface area (Å²) in [5.74, 6) is 0.153. The van der Waals surface area contributed by atoms with Crippen molar-refractivity contribution in [2.45, 2.75) is 6.42 Å². The number of rotatable bonds is 1. The van der Waals surface area contributed by atoms with Crippen molar-refractivity contribution in [3.63, 3.8) is 0 Å². The summed E-state index contributed by atoms with van der Waals surface area (Å²) in [5.41, 5.74) is 1.97. The number of benzene rings is 1. The van der Waals surface area contributed by atoms with Gasteiger partial charge in [0.2, 0.25) is 0 Å². The normalized spacial score (nSPS) is 15.4. The summed E-state index contributed by atoms with van der Waals surface area (Å²) >= 11 is 5.24. The minimum atomic E-state index is 0.153. The van der Waals surface area contributed by atoms with Crippen LogP contribution in [0.1, 0.15) is 12.0 Å². The topological polar surface area (TPSA) is 20.2 Å². The van der Waals surface area contributed by atoms with E-state index in [1.54, 1.807) is 12.1 Å². The average Bonchev–Trinajstić information content (AvgIpc) is 2.18. The highest BCUT2D eigenvalue weighted by Gasteiger charge is 2.08. The lowest BCUT2D eigenvalue weighted by atomic mass is 9.97. The van der Waals surface area contributed by atoms with Crippen LogP contribution in [0.3, 0.4) is 0 Å². The Bertz CT molecular complexity index is 430. The first kappa shape index (κ1) is 9.16. The van der Waals surface area contributed by atoms with Crippen molar-refractivity contribution in [3.8, 4) is 5.75 Å². The summed E-state index contributed by atoms with van der Waals surface area (Å²) in [7, 11) is 0. The van der Waals surface area contributed by atoms with Crippen LogP contribution >= 0.6 is 12.2 Å². The molecule has 0 heterocycles. The Kier molecular flexibility index (Phi) is 2.46. The van der Waals surface area contributed by atoms with Gasteiger partial charge in [-0.15, -0.1) is 0 Å². The standard InChI is InChI=1S/C12H9OS/c13-10-5-3-4-9(8-10)11-6-1-2-7-12(11)14/h1-4,6,8,13H,7H2. The van der Waals surface area contributed by atoms with E-state index in [1.807, 2.05) is 24.3 Å². The lowest BCUT2D eigenvalue weighted by Gasteiger charge is -2.10. The molecule has 0 spiro atoms. The Hall–Kier alpha value is -1.41. The van der Waals surface area contributed by atoms with Crippen molar-refractivity contribution in [1.82, 2.24) is 0 Å². The maximum absolute atomic E-state index is 9.29. The molecule has 0 amide bonds. The van der Waals surface area contributed by atoms with E-state index in [0.717, 1.165) is 22.4 Å². The number of thiocarbonyl (C=S) groups is 1. The quantitative estimate of drug-likeness (QED) is 0.705. The lowest BCUT2D eigenvalue weighted by Crippen LogP contribution is -2.00. The maximum Gasteiger partial charge on any atom is 0.124 e. The number of hydrogen-bond donors (Lipinski definition) is 1. The number of hydrogen-bond acceptors (Lipinski definition) is 2. The monoisotopic (exact) mass is 201 g/mol. The molecule has 2 heteroatoms. The third kappa shape index (κ3) is 1.75. The molecular weight excluding hydrogens is 192 g/mol. The van der Waals surface area contributed by atoms with Gasteiger partial charge >= 0.3 is 0 Å². The van der Waals surface area contributed by atoms with Crippen LogP contribution in [-0.2, 0) is 0 Å². The molecule has 0 fully saturated rings. The van der Waals surface area contributed by atoms with Crippen LogP contribution in [0.4, 0.5) is 0 Å². The molecule has 69 valence electrons. The minimum Gasteiger partial charge on any atom is -0.507 e. The fourth-order valence-electron chi connectivity index (χ4n) is 1.42.